The normalized spacial score (nSPS) is 11.9. The number of rotatable bonds is 7. The molecule has 1 aromatic heterocycles. The van der Waals surface area contributed by atoms with Crippen LogP contribution in [0.2, 0.25) is 0 Å². The van der Waals surface area contributed by atoms with Gasteiger partial charge < -0.3 is 5.32 Å². The van der Waals surface area contributed by atoms with E-state index in [1.54, 1.807) is 0 Å². The maximum absolute atomic E-state index is 4.80. The van der Waals surface area contributed by atoms with E-state index in [2.05, 4.69) is 39.9 Å². The maximum atomic E-state index is 4.80. The SMILES string of the molecule is CCc1nc(CSC(C)(C)C)nc(CC)c1CCNC. The zero-order valence-corrected chi connectivity index (χ0v) is 14.7. The van der Waals surface area contributed by atoms with E-state index in [0.29, 0.717) is 0 Å². The van der Waals surface area contributed by atoms with Crippen LogP contribution in [-0.2, 0) is 25.0 Å². The summed E-state index contributed by atoms with van der Waals surface area (Å²) in [6.45, 7) is 12.1. The lowest BCUT2D eigenvalue weighted by Gasteiger charge is -2.18. The second kappa shape index (κ2) is 7.99. The zero-order valence-electron chi connectivity index (χ0n) is 13.8. The van der Waals surface area contributed by atoms with Crippen LogP contribution in [0, 0.1) is 0 Å². The number of aryl methyl sites for hydroxylation is 2. The third-order valence-electron chi connectivity index (χ3n) is 3.15. The summed E-state index contributed by atoms with van der Waals surface area (Å²) in [4.78, 5) is 9.59. The Bertz CT molecular complexity index is 399. The van der Waals surface area contributed by atoms with Gasteiger partial charge in [-0.25, -0.2) is 9.97 Å². The maximum Gasteiger partial charge on any atom is 0.138 e. The smallest absolute Gasteiger partial charge is 0.138 e. The first kappa shape index (κ1) is 17.4. The Morgan fingerprint density at radius 3 is 2.00 bits per heavy atom. The minimum absolute atomic E-state index is 0.257. The Morgan fingerprint density at radius 1 is 1.05 bits per heavy atom. The van der Waals surface area contributed by atoms with Crippen molar-refractivity contribution in [1.29, 1.82) is 0 Å². The van der Waals surface area contributed by atoms with Crippen LogP contribution in [0.15, 0.2) is 0 Å². The molecular weight excluding hydrogens is 266 g/mol. The fourth-order valence-corrected chi connectivity index (χ4v) is 2.80. The van der Waals surface area contributed by atoms with Gasteiger partial charge in [-0.2, -0.15) is 0 Å². The molecule has 0 spiro atoms. The molecule has 0 fully saturated rings. The second-order valence-corrected chi connectivity index (χ2v) is 7.78. The van der Waals surface area contributed by atoms with Gasteiger partial charge in [0.1, 0.15) is 5.82 Å². The third kappa shape index (κ3) is 5.41. The van der Waals surface area contributed by atoms with E-state index in [-0.39, 0.29) is 4.75 Å². The molecule has 20 heavy (non-hydrogen) atoms. The summed E-state index contributed by atoms with van der Waals surface area (Å²) in [6.07, 6.45) is 3.00. The highest BCUT2D eigenvalue weighted by molar-refractivity contribution is 7.99. The molecule has 0 aliphatic heterocycles. The van der Waals surface area contributed by atoms with Gasteiger partial charge in [-0.05, 0) is 38.4 Å². The van der Waals surface area contributed by atoms with Gasteiger partial charge in [-0.15, -0.1) is 11.8 Å². The van der Waals surface area contributed by atoms with Crippen molar-refractivity contribution < 1.29 is 0 Å². The molecule has 0 unspecified atom stereocenters. The number of hydrogen-bond acceptors (Lipinski definition) is 4. The van der Waals surface area contributed by atoms with E-state index in [1.807, 2.05) is 18.8 Å². The fraction of sp³-hybridized carbons (Fsp3) is 0.750. The number of nitrogens with zero attached hydrogens (tertiary/aromatic N) is 2. The summed E-state index contributed by atoms with van der Waals surface area (Å²) in [6, 6.07) is 0. The van der Waals surface area contributed by atoms with Crippen LogP contribution in [0.5, 0.6) is 0 Å². The van der Waals surface area contributed by atoms with Crippen LogP contribution in [0.4, 0.5) is 0 Å². The number of likely N-dealkylation sites (N-methyl/N-ethyl adjacent to an activating group) is 1. The highest BCUT2D eigenvalue weighted by Gasteiger charge is 2.15. The molecule has 4 heteroatoms. The number of thioether (sulfide) groups is 1. The predicted molar refractivity (Wildman–Crippen MR) is 89.5 cm³/mol. The summed E-state index contributed by atoms with van der Waals surface area (Å²) in [7, 11) is 1.99. The molecule has 1 N–H and O–H groups in total. The van der Waals surface area contributed by atoms with Gasteiger partial charge >= 0.3 is 0 Å². The van der Waals surface area contributed by atoms with Crippen LogP contribution < -0.4 is 5.32 Å². The molecule has 0 atom stereocenters. The molecule has 114 valence electrons. The van der Waals surface area contributed by atoms with Crippen molar-refractivity contribution in [1.82, 2.24) is 15.3 Å². The molecule has 0 radical (unpaired) electrons. The molecule has 0 aliphatic carbocycles. The fourth-order valence-electron chi connectivity index (χ4n) is 2.11. The van der Waals surface area contributed by atoms with Gasteiger partial charge in [0.15, 0.2) is 0 Å². The topological polar surface area (TPSA) is 37.8 Å². The quantitative estimate of drug-likeness (QED) is 0.836. The molecule has 1 aromatic rings. The minimum atomic E-state index is 0.257. The highest BCUT2D eigenvalue weighted by Crippen LogP contribution is 2.26. The molecule has 1 heterocycles. The van der Waals surface area contributed by atoms with Gasteiger partial charge in [-0.3, -0.25) is 0 Å². The van der Waals surface area contributed by atoms with E-state index in [0.717, 1.165) is 37.4 Å². The van der Waals surface area contributed by atoms with E-state index in [9.17, 15) is 0 Å². The van der Waals surface area contributed by atoms with E-state index in [4.69, 9.17) is 9.97 Å². The highest BCUT2D eigenvalue weighted by atomic mass is 32.2. The van der Waals surface area contributed by atoms with Crippen molar-refractivity contribution in [3.05, 3.63) is 22.8 Å². The van der Waals surface area contributed by atoms with Crippen LogP contribution in [-0.4, -0.2) is 28.3 Å². The van der Waals surface area contributed by atoms with Gasteiger partial charge in [-0.1, -0.05) is 34.6 Å². The average Bonchev–Trinajstić information content (AvgIpc) is 2.41. The van der Waals surface area contributed by atoms with E-state index in [1.165, 1.54) is 17.0 Å². The van der Waals surface area contributed by atoms with E-state index < -0.39 is 0 Å². The van der Waals surface area contributed by atoms with Gasteiger partial charge in [0, 0.05) is 16.1 Å². The first-order valence-electron chi connectivity index (χ1n) is 7.57. The lowest BCUT2D eigenvalue weighted by Crippen LogP contribution is -2.16. The van der Waals surface area contributed by atoms with Crippen LogP contribution in [0.25, 0.3) is 0 Å². The van der Waals surface area contributed by atoms with Crippen LogP contribution >= 0.6 is 11.8 Å². The molecule has 0 aromatic carbocycles. The number of hydrogen-bond donors (Lipinski definition) is 1. The van der Waals surface area contributed by atoms with E-state index >= 15 is 0 Å². The molecular formula is C16H29N3S. The summed E-state index contributed by atoms with van der Waals surface area (Å²) >= 11 is 1.91. The van der Waals surface area contributed by atoms with Gasteiger partial charge in [0.2, 0.25) is 0 Å². The largest absolute Gasteiger partial charge is 0.319 e. The van der Waals surface area contributed by atoms with Crippen molar-refractivity contribution in [2.24, 2.45) is 0 Å². The molecule has 0 saturated carbocycles. The molecule has 0 aliphatic rings. The first-order valence-corrected chi connectivity index (χ1v) is 8.55. The summed E-state index contributed by atoms with van der Waals surface area (Å²) in [5, 5.41) is 3.22. The average molecular weight is 295 g/mol. The van der Waals surface area contributed by atoms with Gasteiger partial charge in [0.25, 0.3) is 0 Å². The monoisotopic (exact) mass is 295 g/mol. The van der Waals surface area contributed by atoms with Crippen molar-refractivity contribution in [3.8, 4) is 0 Å². The van der Waals surface area contributed by atoms with Crippen LogP contribution in [0.3, 0.4) is 0 Å². The Morgan fingerprint density at radius 2 is 1.60 bits per heavy atom. The van der Waals surface area contributed by atoms with Crippen molar-refractivity contribution >= 4 is 11.8 Å². The minimum Gasteiger partial charge on any atom is -0.319 e. The van der Waals surface area contributed by atoms with Gasteiger partial charge in [0.05, 0.1) is 5.75 Å². The molecule has 0 amide bonds. The Balaban J connectivity index is 2.99. The molecule has 1 rings (SSSR count). The van der Waals surface area contributed by atoms with Crippen molar-refractivity contribution in [3.63, 3.8) is 0 Å². The number of aromatic nitrogens is 2. The lowest BCUT2D eigenvalue weighted by atomic mass is 10.0. The summed E-state index contributed by atoms with van der Waals surface area (Å²) < 4.78 is 0.257. The first-order chi connectivity index (χ1) is 9.41. The zero-order chi connectivity index (χ0) is 15.2. The Labute approximate surface area is 128 Å². The van der Waals surface area contributed by atoms with Crippen molar-refractivity contribution in [2.75, 3.05) is 13.6 Å². The van der Waals surface area contributed by atoms with Crippen LogP contribution in [0.1, 0.15) is 57.4 Å². The summed E-state index contributed by atoms with van der Waals surface area (Å²) in [5.74, 6) is 1.89. The molecule has 0 saturated heterocycles. The standard InChI is InChI=1S/C16H29N3S/c1-7-13-12(9-10-17-6)14(8-2)19-15(18-13)11-20-16(3,4)5/h17H,7-11H2,1-6H3. The summed E-state index contributed by atoms with van der Waals surface area (Å²) in [5.41, 5.74) is 3.82. The van der Waals surface area contributed by atoms with Crippen molar-refractivity contribution in [2.45, 2.75) is 64.4 Å². The molecule has 0 bridgehead atoms. The number of nitrogens with one attached hydrogen (secondary N) is 1. The Kier molecular flexibility index (Phi) is 6.96. The lowest BCUT2D eigenvalue weighted by molar-refractivity contribution is 0.750. The third-order valence-corrected chi connectivity index (χ3v) is 4.42. The Hall–Kier alpha value is -0.610. The predicted octanol–water partition coefficient (Wildman–Crippen LogP) is 3.40. The molecule has 3 nitrogen and oxygen atoms in total. The second-order valence-electron chi connectivity index (χ2n) is 5.97.